The maximum Gasteiger partial charge on any atom is 0.142 e. The third kappa shape index (κ3) is 1.38. The number of para-hydroxylation sites is 1. The molecular formula is C14H16N4. The Hall–Kier alpha value is -1.84. The first kappa shape index (κ1) is 10.1. The molecule has 3 heterocycles. The average molecular weight is 240 g/mol. The van der Waals surface area contributed by atoms with Crippen molar-refractivity contribution in [3.63, 3.8) is 0 Å². The summed E-state index contributed by atoms with van der Waals surface area (Å²) in [7, 11) is 0. The minimum Gasteiger partial charge on any atom is -0.384 e. The van der Waals surface area contributed by atoms with Gasteiger partial charge in [-0.25, -0.2) is 0 Å². The number of anilines is 1. The molecule has 0 aliphatic carbocycles. The van der Waals surface area contributed by atoms with Crippen LogP contribution in [0.15, 0.2) is 24.3 Å². The number of nitrogens with zero attached hydrogens (tertiary/aromatic N) is 3. The third-order valence-electron chi connectivity index (χ3n) is 4.03. The summed E-state index contributed by atoms with van der Waals surface area (Å²) >= 11 is 0. The summed E-state index contributed by atoms with van der Waals surface area (Å²) in [6, 6.07) is 8.52. The highest BCUT2D eigenvalue weighted by Crippen LogP contribution is 2.35. The molecule has 0 radical (unpaired) electrons. The predicted molar refractivity (Wildman–Crippen MR) is 69.7 cm³/mol. The second kappa shape index (κ2) is 3.83. The minimum atomic E-state index is 0.362. The smallest absolute Gasteiger partial charge is 0.142 e. The van der Waals surface area contributed by atoms with Crippen LogP contribution in [0.5, 0.6) is 0 Å². The first-order valence-corrected chi connectivity index (χ1v) is 6.68. The third-order valence-corrected chi connectivity index (χ3v) is 4.03. The molecule has 0 amide bonds. The van der Waals surface area contributed by atoms with E-state index in [1.807, 2.05) is 0 Å². The number of hydrogen-bond acceptors (Lipinski definition) is 3. The normalized spacial score (nSPS) is 21.2. The molecule has 4 nitrogen and oxygen atoms in total. The molecule has 1 unspecified atom stereocenters. The second-order valence-electron chi connectivity index (χ2n) is 5.10. The van der Waals surface area contributed by atoms with Gasteiger partial charge in [-0.15, -0.1) is 10.2 Å². The van der Waals surface area contributed by atoms with Crippen LogP contribution < -0.4 is 5.32 Å². The number of aromatic nitrogens is 3. The van der Waals surface area contributed by atoms with Gasteiger partial charge < -0.3 is 9.88 Å². The molecule has 4 heteroatoms. The zero-order chi connectivity index (χ0) is 11.9. The number of nitrogens with one attached hydrogen (secondary N) is 1. The van der Waals surface area contributed by atoms with E-state index in [2.05, 4.69) is 44.3 Å². The summed E-state index contributed by atoms with van der Waals surface area (Å²) in [5, 5.41) is 12.3. The van der Waals surface area contributed by atoms with Crippen molar-refractivity contribution in [3.8, 4) is 0 Å². The Kier molecular flexibility index (Phi) is 2.15. The second-order valence-corrected chi connectivity index (χ2v) is 5.10. The Morgan fingerprint density at radius 2 is 2.11 bits per heavy atom. The van der Waals surface area contributed by atoms with Crippen LogP contribution in [0.1, 0.15) is 36.0 Å². The highest BCUT2D eigenvalue weighted by Gasteiger charge is 2.29. The molecule has 0 saturated carbocycles. The maximum atomic E-state index is 4.45. The quantitative estimate of drug-likeness (QED) is 0.830. The van der Waals surface area contributed by atoms with Crippen LogP contribution in [0, 0.1) is 0 Å². The topological polar surface area (TPSA) is 42.7 Å². The van der Waals surface area contributed by atoms with Crippen LogP contribution in [-0.2, 0) is 13.0 Å². The summed E-state index contributed by atoms with van der Waals surface area (Å²) in [5.41, 5.74) is 2.61. The molecule has 4 rings (SSSR count). The molecule has 1 N–H and O–H groups in total. The minimum absolute atomic E-state index is 0.362. The summed E-state index contributed by atoms with van der Waals surface area (Å²) in [4.78, 5) is 0. The van der Waals surface area contributed by atoms with Gasteiger partial charge in [0, 0.05) is 25.2 Å². The predicted octanol–water partition coefficient (Wildman–Crippen LogP) is 2.17. The molecule has 0 fully saturated rings. The Morgan fingerprint density at radius 1 is 1.17 bits per heavy atom. The lowest BCUT2D eigenvalue weighted by Crippen LogP contribution is -2.17. The molecule has 2 aliphatic rings. The summed E-state index contributed by atoms with van der Waals surface area (Å²) in [6.45, 7) is 2.02. The van der Waals surface area contributed by atoms with Gasteiger partial charge in [0.2, 0.25) is 0 Å². The summed E-state index contributed by atoms with van der Waals surface area (Å²) in [6.07, 6.45) is 3.58. The molecule has 1 atom stereocenters. The molecule has 1 aromatic carbocycles. The fourth-order valence-electron chi connectivity index (χ4n) is 3.10. The van der Waals surface area contributed by atoms with Crippen molar-refractivity contribution >= 4 is 5.69 Å². The van der Waals surface area contributed by atoms with Gasteiger partial charge in [-0.1, -0.05) is 18.2 Å². The van der Waals surface area contributed by atoms with Gasteiger partial charge in [-0.2, -0.15) is 0 Å². The zero-order valence-electron chi connectivity index (χ0n) is 10.3. The molecular weight excluding hydrogens is 224 g/mol. The van der Waals surface area contributed by atoms with Crippen molar-refractivity contribution in [3.05, 3.63) is 41.5 Å². The fraction of sp³-hybridized carbons (Fsp3) is 0.429. The highest BCUT2D eigenvalue weighted by molar-refractivity contribution is 5.59. The molecule has 0 spiro atoms. The first-order valence-electron chi connectivity index (χ1n) is 6.68. The molecule has 2 aliphatic heterocycles. The van der Waals surface area contributed by atoms with Gasteiger partial charge in [-0.3, -0.25) is 0 Å². The van der Waals surface area contributed by atoms with Gasteiger partial charge in [-0.05, 0) is 24.5 Å². The molecule has 18 heavy (non-hydrogen) atoms. The lowest BCUT2D eigenvalue weighted by Gasteiger charge is -2.17. The fourth-order valence-corrected chi connectivity index (χ4v) is 3.10. The lowest BCUT2D eigenvalue weighted by atomic mass is 10.00. The van der Waals surface area contributed by atoms with Gasteiger partial charge >= 0.3 is 0 Å². The molecule has 1 aromatic heterocycles. The number of benzene rings is 1. The monoisotopic (exact) mass is 240 g/mol. The number of aryl methyl sites for hydroxylation is 1. The van der Waals surface area contributed by atoms with Crippen LogP contribution in [0.2, 0.25) is 0 Å². The van der Waals surface area contributed by atoms with Gasteiger partial charge in [0.05, 0.1) is 5.92 Å². The van der Waals surface area contributed by atoms with Crippen molar-refractivity contribution in [2.24, 2.45) is 0 Å². The van der Waals surface area contributed by atoms with Gasteiger partial charge in [0.15, 0.2) is 0 Å². The summed E-state index contributed by atoms with van der Waals surface area (Å²) < 4.78 is 2.33. The van der Waals surface area contributed by atoms with E-state index in [-0.39, 0.29) is 0 Å². The number of rotatable bonds is 1. The SMILES string of the molecule is c1ccc2c(c1)NCC2c1nnc2n1CCCC2. The van der Waals surface area contributed by atoms with E-state index in [1.165, 1.54) is 29.9 Å². The maximum absolute atomic E-state index is 4.45. The van der Waals surface area contributed by atoms with Crippen molar-refractivity contribution in [1.82, 2.24) is 14.8 Å². The van der Waals surface area contributed by atoms with Crippen molar-refractivity contribution in [2.75, 3.05) is 11.9 Å². The number of hydrogen-bond donors (Lipinski definition) is 1. The van der Waals surface area contributed by atoms with Crippen molar-refractivity contribution in [1.29, 1.82) is 0 Å². The van der Waals surface area contributed by atoms with Crippen molar-refractivity contribution in [2.45, 2.75) is 31.7 Å². The van der Waals surface area contributed by atoms with E-state index in [1.54, 1.807) is 0 Å². The van der Waals surface area contributed by atoms with Crippen LogP contribution in [-0.4, -0.2) is 21.3 Å². The Bertz CT molecular complexity index is 587. The zero-order valence-corrected chi connectivity index (χ0v) is 10.3. The molecule has 2 aromatic rings. The summed E-state index contributed by atoms with van der Waals surface area (Å²) in [5.74, 6) is 2.67. The lowest BCUT2D eigenvalue weighted by molar-refractivity contribution is 0.502. The van der Waals surface area contributed by atoms with E-state index in [9.17, 15) is 0 Å². The molecule has 0 saturated heterocycles. The Labute approximate surface area is 106 Å². The van der Waals surface area contributed by atoms with Crippen LogP contribution in [0.4, 0.5) is 5.69 Å². The Morgan fingerprint density at radius 3 is 3.11 bits per heavy atom. The van der Waals surface area contributed by atoms with E-state index >= 15 is 0 Å². The van der Waals surface area contributed by atoms with E-state index < -0.39 is 0 Å². The van der Waals surface area contributed by atoms with Crippen LogP contribution in [0.3, 0.4) is 0 Å². The highest BCUT2D eigenvalue weighted by atomic mass is 15.3. The van der Waals surface area contributed by atoms with E-state index in [0.29, 0.717) is 5.92 Å². The molecule has 0 bridgehead atoms. The van der Waals surface area contributed by atoms with Gasteiger partial charge in [0.25, 0.3) is 0 Å². The average Bonchev–Trinajstić information content (AvgIpc) is 3.01. The first-order chi connectivity index (χ1) is 8.93. The van der Waals surface area contributed by atoms with E-state index in [0.717, 1.165) is 25.3 Å². The standard InChI is InChI=1S/C14H16N4/c1-2-6-12-10(5-1)11(9-15-12)14-17-16-13-7-3-4-8-18(13)14/h1-2,5-6,11,15H,3-4,7-9H2. The molecule has 92 valence electrons. The Balaban J connectivity index is 1.79. The van der Waals surface area contributed by atoms with Crippen LogP contribution >= 0.6 is 0 Å². The van der Waals surface area contributed by atoms with Crippen LogP contribution in [0.25, 0.3) is 0 Å². The van der Waals surface area contributed by atoms with Gasteiger partial charge in [0.1, 0.15) is 11.6 Å². The number of fused-ring (bicyclic) bond motifs is 2. The van der Waals surface area contributed by atoms with Crippen molar-refractivity contribution < 1.29 is 0 Å². The van der Waals surface area contributed by atoms with E-state index in [4.69, 9.17) is 0 Å². The largest absolute Gasteiger partial charge is 0.384 e.